The van der Waals surface area contributed by atoms with Gasteiger partial charge in [0.25, 0.3) is 5.91 Å². The maximum Gasteiger partial charge on any atom is 0.292 e. The Morgan fingerprint density at radius 2 is 2.04 bits per heavy atom. The van der Waals surface area contributed by atoms with Crippen molar-refractivity contribution >= 4 is 5.91 Å². The summed E-state index contributed by atoms with van der Waals surface area (Å²) in [6.07, 6.45) is 3.30. The summed E-state index contributed by atoms with van der Waals surface area (Å²) in [4.78, 5) is 21.7. The van der Waals surface area contributed by atoms with Crippen molar-refractivity contribution in [3.63, 3.8) is 0 Å². The quantitative estimate of drug-likeness (QED) is 0.804. The summed E-state index contributed by atoms with van der Waals surface area (Å²) in [5.74, 6) is 3.34. The first-order chi connectivity index (χ1) is 12.4. The highest BCUT2D eigenvalue weighted by Gasteiger charge is 2.35. The summed E-state index contributed by atoms with van der Waals surface area (Å²) in [6, 6.07) is 0.0380. The van der Waals surface area contributed by atoms with Crippen LogP contribution in [-0.2, 0) is 19.5 Å². The van der Waals surface area contributed by atoms with Crippen LogP contribution in [0.3, 0.4) is 0 Å². The predicted octanol–water partition coefficient (Wildman–Crippen LogP) is 1.42. The highest BCUT2D eigenvalue weighted by atomic mass is 16.4. The number of fused-ring (bicyclic) bond motifs is 1. The molecule has 0 spiro atoms. The van der Waals surface area contributed by atoms with Crippen molar-refractivity contribution in [1.29, 1.82) is 0 Å². The van der Waals surface area contributed by atoms with Crippen LogP contribution in [0.2, 0.25) is 0 Å². The molecule has 0 bridgehead atoms. The lowest BCUT2D eigenvalue weighted by atomic mass is 10.1. The molecule has 140 valence electrons. The first kappa shape index (κ1) is 17.2. The Kier molecular flexibility index (Phi) is 4.30. The molecule has 2 aromatic rings. The summed E-state index contributed by atoms with van der Waals surface area (Å²) >= 11 is 0. The van der Waals surface area contributed by atoms with E-state index in [-0.39, 0.29) is 11.9 Å². The molecule has 1 atom stereocenters. The van der Waals surface area contributed by atoms with Gasteiger partial charge in [-0.2, -0.15) is 0 Å². The SMILES string of the molecule is Cc1nc(CC2CC2)oc1C(=O)N1Cc2nnc(C)n2CC1CN(C)C. The Bertz CT molecular complexity index is 820. The fourth-order valence-electron chi connectivity index (χ4n) is 3.62. The van der Waals surface area contributed by atoms with Crippen molar-refractivity contribution in [1.82, 2.24) is 29.5 Å². The molecule has 1 saturated carbocycles. The molecule has 26 heavy (non-hydrogen) atoms. The smallest absolute Gasteiger partial charge is 0.292 e. The topological polar surface area (TPSA) is 80.3 Å². The normalized spacial score (nSPS) is 19.9. The zero-order valence-electron chi connectivity index (χ0n) is 15.9. The largest absolute Gasteiger partial charge is 0.435 e. The minimum absolute atomic E-state index is 0.0380. The van der Waals surface area contributed by atoms with Crippen molar-refractivity contribution in [2.75, 3.05) is 20.6 Å². The van der Waals surface area contributed by atoms with Crippen molar-refractivity contribution in [2.24, 2.45) is 5.92 Å². The van der Waals surface area contributed by atoms with Crippen LogP contribution in [0, 0.1) is 19.8 Å². The predicted molar refractivity (Wildman–Crippen MR) is 94.6 cm³/mol. The number of hydrogen-bond donors (Lipinski definition) is 0. The number of aryl methyl sites for hydroxylation is 2. The van der Waals surface area contributed by atoms with Gasteiger partial charge in [0, 0.05) is 19.5 Å². The molecule has 1 aliphatic carbocycles. The molecule has 4 rings (SSSR count). The second-order valence-corrected chi connectivity index (χ2v) is 7.79. The zero-order valence-corrected chi connectivity index (χ0v) is 15.9. The molecule has 0 saturated heterocycles. The monoisotopic (exact) mass is 358 g/mol. The average Bonchev–Trinajstić information content (AvgIpc) is 3.22. The van der Waals surface area contributed by atoms with Gasteiger partial charge in [0.15, 0.2) is 11.7 Å². The van der Waals surface area contributed by atoms with Crippen LogP contribution in [0.15, 0.2) is 4.42 Å². The lowest BCUT2D eigenvalue weighted by molar-refractivity contribution is 0.0508. The van der Waals surface area contributed by atoms with Crippen molar-refractivity contribution in [3.05, 3.63) is 29.0 Å². The number of carbonyl (C=O) groups is 1. The standard InChI is InChI=1S/C18H26N6O2/c1-11-17(26-16(19-11)7-13-5-6-13)18(25)24-10-15-21-20-12(2)23(15)9-14(24)8-22(3)4/h13-14H,5-10H2,1-4H3. The third-order valence-corrected chi connectivity index (χ3v) is 5.19. The average molecular weight is 358 g/mol. The minimum Gasteiger partial charge on any atom is -0.435 e. The number of hydrogen-bond acceptors (Lipinski definition) is 6. The van der Waals surface area contributed by atoms with E-state index in [4.69, 9.17) is 4.42 Å². The number of aromatic nitrogens is 4. The third kappa shape index (κ3) is 3.25. The molecule has 0 radical (unpaired) electrons. The number of likely N-dealkylation sites (N-methyl/N-ethyl adjacent to an activating group) is 1. The van der Waals surface area contributed by atoms with E-state index in [2.05, 4.69) is 24.6 Å². The molecular formula is C18H26N6O2. The Morgan fingerprint density at radius 3 is 2.73 bits per heavy atom. The van der Waals surface area contributed by atoms with Gasteiger partial charge in [-0.1, -0.05) is 0 Å². The Labute approximate surface area is 153 Å². The second-order valence-electron chi connectivity index (χ2n) is 7.79. The maximum absolute atomic E-state index is 13.3. The molecule has 0 N–H and O–H groups in total. The molecule has 1 aliphatic heterocycles. The van der Waals surface area contributed by atoms with Gasteiger partial charge in [0.1, 0.15) is 5.82 Å². The third-order valence-electron chi connectivity index (χ3n) is 5.19. The highest BCUT2D eigenvalue weighted by molar-refractivity contribution is 5.92. The van der Waals surface area contributed by atoms with Gasteiger partial charge in [0.05, 0.1) is 18.3 Å². The summed E-state index contributed by atoms with van der Waals surface area (Å²) in [5.41, 5.74) is 0.678. The van der Waals surface area contributed by atoms with Gasteiger partial charge in [-0.05, 0) is 46.7 Å². The molecule has 2 aliphatic rings. The molecule has 8 heteroatoms. The van der Waals surface area contributed by atoms with E-state index >= 15 is 0 Å². The van der Waals surface area contributed by atoms with Crippen molar-refractivity contribution in [2.45, 2.75) is 52.2 Å². The van der Waals surface area contributed by atoms with E-state index in [0.717, 1.165) is 24.6 Å². The fourth-order valence-corrected chi connectivity index (χ4v) is 3.62. The van der Waals surface area contributed by atoms with Gasteiger partial charge in [0.2, 0.25) is 5.76 Å². The van der Waals surface area contributed by atoms with Crippen LogP contribution in [0.25, 0.3) is 0 Å². The van der Waals surface area contributed by atoms with E-state index in [1.165, 1.54) is 12.8 Å². The number of nitrogens with zero attached hydrogens (tertiary/aromatic N) is 6. The van der Waals surface area contributed by atoms with E-state index in [1.54, 1.807) is 0 Å². The van der Waals surface area contributed by atoms with E-state index in [1.807, 2.05) is 32.8 Å². The highest BCUT2D eigenvalue weighted by Crippen LogP contribution is 2.33. The Morgan fingerprint density at radius 1 is 1.27 bits per heavy atom. The Hall–Kier alpha value is -2.22. The molecule has 0 aromatic carbocycles. The molecular weight excluding hydrogens is 332 g/mol. The lowest BCUT2D eigenvalue weighted by Crippen LogP contribution is -2.51. The van der Waals surface area contributed by atoms with Gasteiger partial charge < -0.3 is 18.8 Å². The molecule has 1 amide bonds. The summed E-state index contributed by atoms with van der Waals surface area (Å²) < 4.78 is 7.97. The van der Waals surface area contributed by atoms with Crippen LogP contribution in [-0.4, -0.2) is 62.1 Å². The van der Waals surface area contributed by atoms with E-state index in [0.29, 0.717) is 36.4 Å². The zero-order chi connectivity index (χ0) is 18.4. The maximum atomic E-state index is 13.3. The van der Waals surface area contributed by atoms with E-state index < -0.39 is 0 Å². The molecule has 1 unspecified atom stereocenters. The molecule has 1 fully saturated rings. The lowest BCUT2D eigenvalue weighted by Gasteiger charge is -2.37. The van der Waals surface area contributed by atoms with Crippen LogP contribution in [0.4, 0.5) is 0 Å². The first-order valence-electron chi connectivity index (χ1n) is 9.23. The second kappa shape index (κ2) is 6.50. The van der Waals surface area contributed by atoms with Crippen molar-refractivity contribution in [3.8, 4) is 0 Å². The molecule has 3 heterocycles. The van der Waals surface area contributed by atoms with Gasteiger partial charge in [-0.3, -0.25) is 4.79 Å². The number of amides is 1. The van der Waals surface area contributed by atoms with Crippen LogP contribution in [0.1, 0.15) is 46.6 Å². The van der Waals surface area contributed by atoms with Gasteiger partial charge in [-0.15, -0.1) is 10.2 Å². The molecule has 8 nitrogen and oxygen atoms in total. The Balaban J connectivity index is 1.61. The van der Waals surface area contributed by atoms with Crippen LogP contribution >= 0.6 is 0 Å². The number of rotatable bonds is 5. The number of oxazole rings is 1. The summed E-state index contributed by atoms with van der Waals surface area (Å²) in [5, 5.41) is 8.40. The van der Waals surface area contributed by atoms with Gasteiger partial charge >= 0.3 is 0 Å². The number of carbonyl (C=O) groups excluding carboxylic acids is 1. The fraction of sp³-hybridized carbons (Fsp3) is 0.667. The molecule has 2 aromatic heterocycles. The van der Waals surface area contributed by atoms with Gasteiger partial charge in [-0.25, -0.2) is 4.98 Å². The summed E-state index contributed by atoms with van der Waals surface area (Å²) in [7, 11) is 4.04. The van der Waals surface area contributed by atoms with Crippen LogP contribution < -0.4 is 0 Å². The van der Waals surface area contributed by atoms with Crippen molar-refractivity contribution < 1.29 is 9.21 Å². The summed E-state index contributed by atoms with van der Waals surface area (Å²) in [6.45, 7) is 5.71. The van der Waals surface area contributed by atoms with E-state index in [9.17, 15) is 4.79 Å². The first-order valence-corrected chi connectivity index (χ1v) is 9.23. The van der Waals surface area contributed by atoms with Crippen LogP contribution in [0.5, 0.6) is 0 Å². The minimum atomic E-state index is -0.101.